The van der Waals surface area contributed by atoms with Crippen LogP contribution in [0.25, 0.3) is 0 Å². The Labute approximate surface area is 127 Å². The van der Waals surface area contributed by atoms with Crippen LogP contribution in [0.1, 0.15) is 32.6 Å². The topological polar surface area (TPSA) is 41.1 Å². The zero-order chi connectivity index (χ0) is 14.7. The lowest BCUT2D eigenvalue weighted by Crippen LogP contribution is -2.42. The van der Waals surface area contributed by atoms with Crippen molar-refractivity contribution >= 4 is 34.8 Å². The van der Waals surface area contributed by atoms with E-state index in [0.29, 0.717) is 5.69 Å². The third kappa shape index (κ3) is 3.76. The minimum Gasteiger partial charge on any atom is -0.374 e. The second-order valence-corrected chi connectivity index (χ2v) is 5.92. The molecular weight excluding hydrogens is 302 g/mol. The number of amides is 1. The zero-order valence-electron chi connectivity index (χ0n) is 11.2. The van der Waals surface area contributed by atoms with Gasteiger partial charge in [-0.05, 0) is 31.9 Å². The maximum absolute atomic E-state index is 13.3. The van der Waals surface area contributed by atoms with Crippen molar-refractivity contribution in [3.8, 4) is 0 Å². The Morgan fingerprint density at radius 2 is 1.85 bits per heavy atom. The van der Waals surface area contributed by atoms with E-state index in [4.69, 9.17) is 23.2 Å². The summed E-state index contributed by atoms with van der Waals surface area (Å²) < 4.78 is 13.3. The lowest BCUT2D eigenvalue weighted by Gasteiger charge is -2.19. The summed E-state index contributed by atoms with van der Waals surface area (Å²) in [7, 11) is 0. The lowest BCUT2D eigenvalue weighted by molar-refractivity contribution is -0.122. The fraction of sp³-hybridized carbons (Fsp3) is 0.500. The van der Waals surface area contributed by atoms with Gasteiger partial charge in [-0.25, -0.2) is 4.39 Å². The number of carbonyl (C=O) groups is 1. The van der Waals surface area contributed by atoms with Crippen molar-refractivity contribution in [1.29, 1.82) is 0 Å². The molecule has 1 fully saturated rings. The van der Waals surface area contributed by atoms with Crippen LogP contribution in [0.2, 0.25) is 10.0 Å². The Balaban J connectivity index is 1.96. The molecule has 0 radical (unpaired) electrons. The van der Waals surface area contributed by atoms with E-state index in [9.17, 15) is 9.18 Å². The van der Waals surface area contributed by atoms with E-state index in [-0.39, 0.29) is 22.0 Å². The third-order valence-electron chi connectivity index (χ3n) is 3.46. The number of rotatable bonds is 4. The molecule has 0 spiro atoms. The average molecular weight is 319 g/mol. The third-order valence-corrected chi connectivity index (χ3v) is 4.01. The van der Waals surface area contributed by atoms with Gasteiger partial charge in [0.05, 0.1) is 10.0 Å². The molecule has 1 aromatic carbocycles. The van der Waals surface area contributed by atoms with Crippen LogP contribution in [0.5, 0.6) is 0 Å². The first-order valence-electron chi connectivity index (χ1n) is 6.69. The summed E-state index contributed by atoms with van der Waals surface area (Å²) in [6.45, 7) is 1.75. The summed E-state index contributed by atoms with van der Waals surface area (Å²) in [5.41, 5.74) is 0.524. The molecule has 0 bridgehead atoms. The summed E-state index contributed by atoms with van der Waals surface area (Å²) in [5.74, 6) is -0.726. The molecule has 3 nitrogen and oxygen atoms in total. The second-order valence-electron chi connectivity index (χ2n) is 5.11. The van der Waals surface area contributed by atoms with Crippen LogP contribution in [-0.4, -0.2) is 18.0 Å². The van der Waals surface area contributed by atoms with E-state index in [0.717, 1.165) is 25.7 Å². The van der Waals surface area contributed by atoms with Gasteiger partial charge in [0.25, 0.3) is 0 Å². The Morgan fingerprint density at radius 3 is 2.40 bits per heavy atom. The summed E-state index contributed by atoms with van der Waals surface area (Å²) in [6, 6.07) is 2.67. The quantitative estimate of drug-likeness (QED) is 0.824. The van der Waals surface area contributed by atoms with Gasteiger partial charge in [-0.15, -0.1) is 0 Å². The van der Waals surface area contributed by atoms with E-state index in [2.05, 4.69) is 10.6 Å². The molecule has 110 valence electrons. The number of halogens is 3. The molecule has 2 N–H and O–H groups in total. The van der Waals surface area contributed by atoms with Crippen LogP contribution in [0.4, 0.5) is 10.1 Å². The number of hydrogen-bond donors (Lipinski definition) is 2. The number of benzene rings is 1. The molecule has 1 amide bonds. The zero-order valence-corrected chi connectivity index (χ0v) is 12.7. The largest absolute Gasteiger partial charge is 0.374 e. The van der Waals surface area contributed by atoms with Crippen molar-refractivity contribution in [2.24, 2.45) is 0 Å². The van der Waals surface area contributed by atoms with Gasteiger partial charge in [-0.2, -0.15) is 0 Å². The smallest absolute Gasteiger partial charge is 0.242 e. The summed E-state index contributed by atoms with van der Waals surface area (Å²) in [6.07, 6.45) is 4.39. The molecule has 0 heterocycles. The molecule has 1 unspecified atom stereocenters. The number of hydrogen-bond acceptors (Lipinski definition) is 2. The van der Waals surface area contributed by atoms with Crippen LogP contribution in [-0.2, 0) is 4.79 Å². The van der Waals surface area contributed by atoms with Crippen molar-refractivity contribution in [2.75, 3.05) is 5.32 Å². The molecule has 1 aliphatic carbocycles. The van der Waals surface area contributed by atoms with Crippen molar-refractivity contribution < 1.29 is 9.18 Å². The van der Waals surface area contributed by atoms with Gasteiger partial charge in [0.1, 0.15) is 6.04 Å². The summed E-state index contributed by atoms with van der Waals surface area (Å²) in [5, 5.41) is 5.84. The highest BCUT2D eigenvalue weighted by atomic mass is 35.5. The fourth-order valence-electron chi connectivity index (χ4n) is 2.35. The van der Waals surface area contributed by atoms with E-state index < -0.39 is 11.9 Å². The molecule has 1 atom stereocenters. The van der Waals surface area contributed by atoms with Crippen LogP contribution in [0.3, 0.4) is 0 Å². The van der Waals surface area contributed by atoms with Gasteiger partial charge < -0.3 is 10.6 Å². The van der Waals surface area contributed by atoms with Gasteiger partial charge in [0.2, 0.25) is 5.91 Å². The highest BCUT2D eigenvalue weighted by Crippen LogP contribution is 2.27. The normalized spacial score (nSPS) is 17.0. The summed E-state index contributed by atoms with van der Waals surface area (Å²) >= 11 is 11.4. The maximum Gasteiger partial charge on any atom is 0.242 e. The molecule has 20 heavy (non-hydrogen) atoms. The monoisotopic (exact) mass is 318 g/mol. The Kier molecular flexibility index (Phi) is 5.11. The van der Waals surface area contributed by atoms with E-state index in [1.165, 1.54) is 12.1 Å². The molecule has 6 heteroatoms. The number of carbonyl (C=O) groups excluding carboxylic acids is 1. The average Bonchev–Trinajstić information content (AvgIpc) is 2.88. The number of nitrogens with one attached hydrogen (secondary N) is 2. The first-order valence-corrected chi connectivity index (χ1v) is 7.44. The van der Waals surface area contributed by atoms with Crippen LogP contribution in [0.15, 0.2) is 12.1 Å². The van der Waals surface area contributed by atoms with Crippen LogP contribution >= 0.6 is 23.2 Å². The first kappa shape index (κ1) is 15.4. The Hall–Kier alpha value is -1.00. The highest BCUT2D eigenvalue weighted by Gasteiger charge is 2.20. The maximum atomic E-state index is 13.3. The van der Waals surface area contributed by atoms with Gasteiger partial charge in [0, 0.05) is 11.7 Å². The highest BCUT2D eigenvalue weighted by molar-refractivity contribution is 6.35. The van der Waals surface area contributed by atoms with E-state index >= 15 is 0 Å². The molecule has 2 rings (SSSR count). The van der Waals surface area contributed by atoms with Gasteiger partial charge >= 0.3 is 0 Å². The van der Waals surface area contributed by atoms with Gasteiger partial charge in [-0.3, -0.25) is 4.79 Å². The van der Waals surface area contributed by atoms with Crippen molar-refractivity contribution in [3.05, 3.63) is 28.0 Å². The SMILES string of the molecule is CC(Nc1cc(Cl)c(F)c(Cl)c1)C(=O)NC1CCCC1. The molecule has 0 saturated heterocycles. The van der Waals surface area contributed by atoms with Crippen LogP contribution < -0.4 is 10.6 Å². The molecule has 0 aromatic heterocycles. The van der Waals surface area contributed by atoms with Crippen molar-refractivity contribution in [1.82, 2.24) is 5.32 Å². The Bertz CT molecular complexity index is 481. The van der Waals surface area contributed by atoms with Gasteiger partial charge in [-0.1, -0.05) is 36.0 Å². The molecule has 1 aliphatic rings. The summed E-state index contributed by atoms with van der Waals surface area (Å²) in [4.78, 5) is 12.0. The standard InChI is InChI=1S/C14H17Cl2FN2O/c1-8(14(20)19-9-4-2-3-5-9)18-10-6-11(15)13(17)12(16)7-10/h6-9,18H,2-5H2,1H3,(H,19,20). The first-order chi connectivity index (χ1) is 9.47. The molecular formula is C14H17Cl2FN2O. The number of anilines is 1. The predicted molar refractivity (Wildman–Crippen MR) is 79.9 cm³/mol. The fourth-order valence-corrected chi connectivity index (χ4v) is 2.84. The van der Waals surface area contributed by atoms with Crippen molar-refractivity contribution in [2.45, 2.75) is 44.7 Å². The van der Waals surface area contributed by atoms with Gasteiger partial charge in [0.15, 0.2) is 5.82 Å². The van der Waals surface area contributed by atoms with Crippen molar-refractivity contribution in [3.63, 3.8) is 0 Å². The Morgan fingerprint density at radius 1 is 1.30 bits per heavy atom. The van der Waals surface area contributed by atoms with E-state index in [1.807, 2.05) is 0 Å². The predicted octanol–water partition coefficient (Wildman–Crippen LogP) is 3.99. The minimum atomic E-state index is -0.651. The second kappa shape index (κ2) is 6.64. The minimum absolute atomic E-state index is 0.0663. The molecule has 1 aromatic rings. The lowest BCUT2D eigenvalue weighted by atomic mass is 10.2. The molecule has 0 aliphatic heterocycles. The molecule has 1 saturated carbocycles. The van der Waals surface area contributed by atoms with E-state index in [1.54, 1.807) is 6.92 Å². The van der Waals surface area contributed by atoms with Crippen LogP contribution in [0, 0.1) is 5.82 Å².